The fraction of sp³-hybridized carbons (Fsp3) is 0.333. The molecule has 0 aliphatic carbocycles. The van der Waals surface area contributed by atoms with Gasteiger partial charge in [-0.3, -0.25) is 4.72 Å². The van der Waals surface area contributed by atoms with Gasteiger partial charge in [0.2, 0.25) is 0 Å². The highest BCUT2D eigenvalue weighted by atomic mass is 35.5. The largest absolute Gasteiger partial charge is 0.417 e. The highest BCUT2D eigenvalue weighted by Crippen LogP contribution is 2.37. The van der Waals surface area contributed by atoms with Gasteiger partial charge in [0.15, 0.2) is 0 Å². The van der Waals surface area contributed by atoms with Gasteiger partial charge in [0.1, 0.15) is 0 Å². The number of halogens is 4. The van der Waals surface area contributed by atoms with E-state index < -0.39 is 26.7 Å². The first-order valence-corrected chi connectivity index (χ1v) is 10.4. The van der Waals surface area contributed by atoms with Crippen molar-refractivity contribution < 1.29 is 21.6 Å². The fourth-order valence-corrected chi connectivity index (χ4v) is 4.50. The first-order valence-electron chi connectivity index (χ1n) is 8.50. The second kappa shape index (κ2) is 7.81. The average molecular weight is 434 g/mol. The summed E-state index contributed by atoms with van der Waals surface area (Å²) in [6.07, 6.45) is -4.86. The van der Waals surface area contributed by atoms with E-state index in [1.54, 1.807) is 18.2 Å². The Morgan fingerprint density at radius 1 is 1.04 bits per heavy atom. The molecule has 1 heterocycles. The minimum absolute atomic E-state index is 0.191. The first kappa shape index (κ1) is 20.8. The van der Waals surface area contributed by atoms with E-state index in [4.69, 9.17) is 11.6 Å². The molecule has 1 aliphatic heterocycles. The van der Waals surface area contributed by atoms with Crippen LogP contribution in [0.15, 0.2) is 47.4 Å². The van der Waals surface area contributed by atoms with E-state index >= 15 is 0 Å². The van der Waals surface area contributed by atoms with Gasteiger partial charge in [-0.25, -0.2) is 8.42 Å². The first-order chi connectivity index (χ1) is 13.1. The predicted octanol–water partition coefficient (Wildman–Crippen LogP) is 3.91. The number of hydrogen-bond acceptors (Lipinski definition) is 4. The zero-order chi connectivity index (χ0) is 20.5. The van der Waals surface area contributed by atoms with Gasteiger partial charge in [-0.05, 0) is 37.4 Å². The van der Waals surface area contributed by atoms with Gasteiger partial charge < -0.3 is 9.80 Å². The normalized spacial score (nSPS) is 16.2. The summed E-state index contributed by atoms with van der Waals surface area (Å²) in [5.41, 5.74) is -0.443. The third-order valence-corrected chi connectivity index (χ3v) is 6.19. The number of para-hydroxylation sites is 2. The summed E-state index contributed by atoms with van der Waals surface area (Å²) < 4.78 is 67.9. The fourth-order valence-electron chi connectivity index (χ4n) is 3.04. The molecular weight excluding hydrogens is 415 g/mol. The van der Waals surface area contributed by atoms with Crippen molar-refractivity contribution in [2.24, 2.45) is 0 Å². The van der Waals surface area contributed by atoms with E-state index in [-0.39, 0.29) is 10.7 Å². The third-order valence-electron chi connectivity index (χ3n) is 4.53. The van der Waals surface area contributed by atoms with Crippen LogP contribution in [0, 0.1) is 0 Å². The lowest BCUT2D eigenvalue weighted by Crippen LogP contribution is -2.44. The minimum atomic E-state index is -4.86. The van der Waals surface area contributed by atoms with Crippen LogP contribution in [0.3, 0.4) is 0 Å². The molecule has 28 heavy (non-hydrogen) atoms. The van der Waals surface area contributed by atoms with Crippen LogP contribution in [0.4, 0.5) is 24.5 Å². The standard InChI is InChI=1S/C18H19ClF3N3O2S/c1-24-8-10-25(11-9-24)16-5-3-2-4-15(16)23-28(26,27)17-7-6-13(19)12-14(17)18(20,21)22/h2-7,12,23H,8-11H2,1H3. The van der Waals surface area contributed by atoms with Crippen molar-refractivity contribution in [3.05, 3.63) is 53.1 Å². The number of anilines is 2. The lowest BCUT2D eigenvalue weighted by molar-refractivity contribution is -0.139. The zero-order valence-corrected chi connectivity index (χ0v) is 16.6. The Labute approximate surface area is 166 Å². The third kappa shape index (κ3) is 4.53. The van der Waals surface area contributed by atoms with Crippen molar-refractivity contribution in [1.29, 1.82) is 0 Å². The molecule has 0 unspecified atom stereocenters. The molecule has 3 rings (SSSR count). The zero-order valence-electron chi connectivity index (χ0n) is 15.0. The number of nitrogens with one attached hydrogen (secondary N) is 1. The van der Waals surface area contributed by atoms with Gasteiger partial charge in [0, 0.05) is 31.2 Å². The summed E-state index contributed by atoms with van der Waals surface area (Å²) in [5.74, 6) is 0. The summed E-state index contributed by atoms with van der Waals surface area (Å²) in [7, 11) is -2.49. The minimum Gasteiger partial charge on any atom is -0.367 e. The summed E-state index contributed by atoms with van der Waals surface area (Å²) in [5, 5.41) is -0.191. The molecule has 1 N–H and O–H groups in total. The predicted molar refractivity (Wildman–Crippen MR) is 103 cm³/mol. The van der Waals surface area contributed by atoms with Crippen molar-refractivity contribution in [3.63, 3.8) is 0 Å². The van der Waals surface area contributed by atoms with Gasteiger partial charge in [-0.15, -0.1) is 0 Å². The highest BCUT2D eigenvalue weighted by molar-refractivity contribution is 7.92. The number of nitrogens with zero attached hydrogens (tertiary/aromatic N) is 2. The van der Waals surface area contributed by atoms with Crippen molar-refractivity contribution in [2.75, 3.05) is 42.8 Å². The Morgan fingerprint density at radius 3 is 2.32 bits per heavy atom. The Kier molecular flexibility index (Phi) is 5.79. The van der Waals surface area contributed by atoms with E-state index in [0.717, 1.165) is 25.2 Å². The molecule has 0 amide bonds. The topological polar surface area (TPSA) is 52.6 Å². The number of sulfonamides is 1. The lowest BCUT2D eigenvalue weighted by atomic mass is 10.2. The number of alkyl halides is 3. The molecule has 0 aromatic heterocycles. The van der Waals surface area contributed by atoms with Crippen molar-refractivity contribution >= 4 is 33.0 Å². The second-order valence-electron chi connectivity index (χ2n) is 6.55. The van der Waals surface area contributed by atoms with Crippen LogP contribution in [0.5, 0.6) is 0 Å². The molecule has 1 fully saturated rings. The molecule has 0 radical (unpaired) electrons. The molecule has 0 atom stereocenters. The van der Waals surface area contributed by atoms with Crippen LogP contribution in [-0.2, 0) is 16.2 Å². The van der Waals surface area contributed by atoms with Crippen LogP contribution < -0.4 is 9.62 Å². The van der Waals surface area contributed by atoms with Crippen LogP contribution in [-0.4, -0.2) is 46.5 Å². The maximum atomic E-state index is 13.3. The molecule has 2 aromatic rings. The van der Waals surface area contributed by atoms with E-state index in [9.17, 15) is 21.6 Å². The Hall–Kier alpha value is -1.97. The molecule has 0 saturated carbocycles. The van der Waals surface area contributed by atoms with Gasteiger partial charge in [-0.2, -0.15) is 13.2 Å². The summed E-state index contributed by atoms with van der Waals surface area (Å²) in [6, 6.07) is 9.27. The quantitative estimate of drug-likeness (QED) is 0.794. The molecular formula is C18H19ClF3N3O2S. The maximum absolute atomic E-state index is 13.3. The van der Waals surface area contributed by atoms with E-state index in [1.807, 2.05) is 11.9 Å². The van der Waals surface area contributed by atoms with Gasteiger partial charge in [-0.1, -0.05) is 23.7 Å². The smallest absolute Gasteiger partial charge is 0.367 e. The van der Waals surface area contributed by atoms with E-state index in [2.05, 4.69) is 9.62 Å². The Balaban J connectivity index is 1.97. The molecule has 1 aliphatic rings. The molecule has 1 saturated heterocycles. The van der Waals surface area contributed by atoms with E-state index in [1.165, 1.54) is 6.07 Å². The number of hydrogen-bond donors (Lipinski definition) is 1. The monoisotopic (exact) mass is 433 g/mol. The molecule has 10 heteroatoms. The SMILES string of the molecule is CN1CCN(c2ccccc2NS(=O)(=O)c2ccc(Cl)cc2C(F)(F)F)CC1. The Bertz CT molecular complexity index is 959. The average Bonchev–Trinajstić information content (AvgIpc) is 2.62. The van der Waals surface area contributed by atoms with Crippen LogP contribution in [0.1, 0.15) is 5.56 Å². The summed E-state index contributed by atoms with van der Waals surface area (Å²) in [4.78, 5) is 3.29. The second-order valence-corrected chi connectivity index (χ2v) is 8.64. The molecule has 152 valence electrons. The number of benzene rings is 2. The van der Waals surface area contributed by atoms with Crippen LogP contribution in [0.2, 0.25) is 5.02 Å². The number of rotatable bonds is 4. The Morgan fingerprint density at radius 2 is 1.68 bits per heavy atom. The van der Waals surface area contributed by atoms with Crippen molar-refractivity contribution in [1.82, 2.24) is 4.90 Å². The molecule has 5 nitrogen and oxygen atoms in total. The van der Waals surface area contributed by atoms with Crippen LogP contribution >= 0.6 is 11.6 Å². The van der Waals surface area contributed by atoms with Gasteiger partial charge >= 0.3 is 6.18 Å². The van der Waals surface area contributed by atoms with Crippen LogP contribution in [0.25, 0.3) is 0 Å². The van der Waals surface area contributed by atoms with Crippen molar-refractivity contribution in [3.8, 4) is 0 Å². The molecule has 0 bridgehead atoms. The molecule has 0 spiro atoms. The van der Waals surface area contributed by atoms with Gasteiger partial charge in [0.25, 0.3) is 10.0 Å². The highest BCUT2D eigenvalue weighted by Gasteiger charge is 2.37. The van der Waals surface area contributed by atoms with E-state index in [0.29, 0.717) is 24.8 Å². The number of piperazine rings is 1. The number of likely N-dealkylation sites (N-methyl/N-ethyl adjacent to an activating group) is 1. The lowest BCUT2D eigenvalue weighted by Gasteiger charge is -2.35. The van der Waals surface area contributed by atoms with Gasteiger partial charge in [0.05, 0.1) is 21.8 Å². The van der Waals surface area contributed by atoms with Crippen molar-refractivity contribution in [2.45, 2.75) is 11.1 Å². The maximum Gasteiger partial charge on any atom is 0.417 e. The summed E-state index contributed by atoms with van der Waals surface area (Å²) >= 11 is 5.65. The summed E-state index contributed by atoms with van der Waals surface area (Å²) in [6.45, 7) is 2.97. The molecule has 2 aromatic carbocycles.